The summed E-state index contributed by atoms with van der Waals surface area (Å²) in [6.07, 6.45) is -2.86. The van der Waals surface area contributed by atoms with Gasteiger partial charge in [-0.2, -0.15) is 18.4 Å². The molecule has 0 spiro atoms. The molecule has 2 aromatic heterocycles. The lowest BCUT2D eigenvalue weighted by Gasteiger charge is -2.20. The van der Waals surface area contributed by atoms with Crippen LogP contribution in [-0.4, -0.2) is 39.6 Å². The standard InChI is InChI=1S/C23H18ClF3N6O/c24-13-7-8-17-15(10-13)16(11-29-17)21-31-18-5-2-1-4-14(18)20(33-21)32-19(6-3-9-28)22(34)30-12-23(25,26)27/h1-2,4-5,7-8,10-11,19,29H,3,6,12H2,(H,30,34)(H,31,32,33)/t19-/m0/s1. The number of nitriles is 1. The van der Waals surface area contributed by atoms with Crippen molar-refractivity contribution in [2.75, 3.05) is 11.9 Å². The van der Waals surface area contributed by atoms with Crippen molar-refractivity contribution >= 4 is 45.1 Å². The molecule has 3 N–H and O–H groups in total. The predicted molar refractivity (Wildman–Crippen MR) is 123 cm³/mol. The average Bonchev–Trinajstić information content (AvgIpc) is 3.22. The number of para-hydroxylation sites is 1. The monoisotopic (exact) mass is 486 g/mol. The normalized spacial score (nSPS) is 12.4. The van der Waals surface area contributed by atoms with Gasteiger partial charge in [-0.05, 0) is 36.8 Å². The summed E-state index contributed by atoms with van der Waals surface area (Å²) >= 11 is 6.16. The van der Waals surface area contributed by atoms with Crippen molar-refractivity contribution in [1.82, 2.24) is 20.3 Å². The molecule has 0 fully saturated rings. The van der Waals surface area contributed by atoms with E-state index in [1.165, 1.54) is 0 Å². The number of nitrogens with zero attached hydrogens (tertiary/aromatic N) is 3. The van der Waals surface area contributed by atoms with Crippen LogP contribution in [0.25, 0.3) is 33.2 Å². The summed E-state index contributed by atoms with van der Waals surface area (Å²) in [7, 11) is 0. The number of anilines is 1. The maximum atomic E-state index is 12.6. The topological polar surface area (TPSA) is 106 Å². The van der Waals surface area contributed by atoms with Crippen molar-refractivity contribution in [3.8, 4) is 17.5 Å². The Morgan fingerprint density at radius 1 is 1.18 bits per heavy atom. The number of H-pyrrole nitrogens is 1. The quantitative estimate of drug-likeness (QED) is 0.333. The van der Waals surface area contributed by atoms with Crippen LogP contribution in [0.2, 0.25) is 5.02 Å². The minimum Gasteiger partial charge on any atom is -0.360 e. The third kappa shape index (κ3) is 5.21. The Morgan fingerprint density at radius 3 is 2.74 bits per heavy atom. The van der Waals surface area contributed by atoms with E-state index >= 15 is 0 Å². The van der Waals surface area contributed by atoms with E-state index in [4.69, 9.17) is 16.9 Å². The lowest BCUT2D eigenvalue weighted by molar-refractivity contribution is -0.138. The molecule has 174 valence electrons. The van der Waals surface area contributed by atoms with Gasteiger partial charge in [0.2, 0.25) is 5.91 Å². The number of alkyl halides is 3. The van der Waals surface area contributed by atoms with Gasteiger partial charge in [0.1, 0.15) is 18.4 Å². The second-order valence-corrected chi connectivity index (χ2v) is 7.97. The maximum Gasteiger partial charge on any atom is 0.405 e. The molecule has 1 atom stereocenters. The van der Waals surface area contributed by atoms with Crippen molar-refractivity contribution in [2.24, 2.45) is 0 Å². The molecule has 0 bridgehead atoms. The molecule has 11 heteroatoms. The third-order valence-electron chi connectivity index (χ3n) is 5.12. The number of carbonyl (C=O) groups is 1. The summed E-state index contributed by atoms with van der Waals surface area (Å²) in [5.74, 6) is -0.276. The lowest BCUT2D eigenvalue weighted by Crippen LogP contribution is -2.43. The zero-order valence-corrected chi connectivity index (χ0v) is 18.3. The number of carbonyl (C=O) groups excluding carboxylic acids is 1. The van der Waals surface area contributed by atoms with Crippen LogP contribution in [0, 0.1) is 11.3 Å². The fourth-order valence-electron chi connectivity index (χ4n) is 3.54. The van der Waals surface area contributed by atoms with E-state index in [1.54, 1.807) is 42.6 Å². The Hall–Kier alpha value is -3.84. The Bertz CT molecular complexity index is 1400. The fourth-order valence-corrected chi connectivity index (χ4v) is 3.71. The molecule has 0 radical (unpaired) electrons. The van der Waals surface area contributed by atoms with Crippen LogP contribution in [0.4, 0.5) is 19.0 Å². The molecular weight excluding hydrogens is 469 g/mol. The molecule has 0 aliphatic heterocycles. The molecule has 0 saturated carbocycles. The first-order chi connectivity index (χ1) is 16.2. The number of rotatable bonds is 7. The first kappa shape index (κ1) is 23.3. The zero-order valence-electron chi connectivity index (χ0n) is 17.6. The summed E-state index contributed by atoms with van der Waals surface area (Å²) < 4.78 is 37.8. The van der Waals surface area contributed by atoms with Crippen LogP contribution in [0.15, 0.2) is 48.7 Å². The molecule has 2 heterocycles. The summed E-state index contributed by atoms with van der Waals surface area (Å²) in [5.41, 5.74) is 2.06. The number of aromatic amines is 1. The van der Waals surface area contributed by atoms with Gasteiger partial charge in [-0.1, -0.05) is 23.7 Å². The fraction of sp³-hybridized carbons (Fsp3) is 0.217. The maximum absolute atomic E-state index is 12.6. The summed E-state index contributed by atoms with van der Waals surface area (Å²) in [6.45, 7) is -1.47. The van der Waals surface area contributed by atoms with Crippen LogP contribution in [0.5, 0.6) is 0 Å². The van der Waals surface area contributed by atoms with Crippen LogP contribution < -0.4 is 10.6 Å². The van der Waals surface area contributed by atoms with Crippen molar-refractivity contribution in [2.45, 2.75) is 25.1 Å². The van der Waals surface area contributed by atoms with E-state index in [0.717, 1.165) is 10.9 Å². The van der Waals surface area contributed by atoms with Gasteiger partial charge in [-0.15, -0.1) is 0 Å². The SMILES string of the molecule is N#CCC[C@H](Nc1nc(-c2c[nH]c3ccc(Cl)cc23)nc2ccccc12)C(=O)NCC(F)(F)F. The molecule has 4 aromatic rings. The molecule has 1 amide bonds. The van der Waals surface area contributed by atoms with Gasteiger partial charge >= 0.3 is 6.18 Å². The Morgan fingerprint density at radius 2 is 1.97 bits per heavy atom. The Balaban J connectivity index is 1.75. The van der Waals surface area contributed by atoms with Gasteiger partial charge in [0.15, 0.2) is 5.82 Å². The smallest absolute Gasteiger partial charge is 0.360 e. The summed E-state index contributed by atoms with van der Waals surface area (Å²) in [4.78, 5) is 24.9. The van der Waals surface area contributed by atoms with Crippen molar-refractivity contribution in [3.63, 3.8) is 0 Å². The summed E-state index contributed by atoms with van der Waals surface area (Å²) in [5, 5.41) is 15.7. The molecule has 4 rings (SSSR count). The van der Waals surface area contributed by atoms with E-state index in [1.807, 2.05) is 17.5 Å². The molecule has 0 aliphatic rings. The first-order valence-corrected chi connectivity index (χ1v) is 10.6. The number of aromatic nitrogens is 3. The number of hydrogen-bond donors (Lipinski definition) is 3. The molecule has 2 aromatic carbocycles. The highest BCUT2D eigenvalue weighted by Gasteiger charge is 2.30. The minimum atomic E-state index is -4.55. The Labute approximate surface area is 197 Å². The average molecular weight is 487 g/mol. The van der Waals surface area contributed by atoms with Gasteiger partial charge in [0.25, 0.3) is 0 Å². The highest BCUT2D eigenvalue weighted by molar-refractivity contribution is 6.31. The van der Waals surface area contributed by atoms with E-state index in [0.29, 0.717) is 27.3 Å². The lowest BCUT2D eigenvalue weighted by atomic mass is 10.1. The van der Waals surface area contributed by atoms with E-state index < -0.39 is 24.7 Å². The zero-order chi connectivity index (χ0) is 24.3. The van der Waals surface area contributed by atoms with E-state index in [2.05, 4.69) is 20.3 Å². The van der Waals surface area contributed by atoms with Crippen molar-refractivity contribution in [1.29, 1.82) is 5.26 Å². The van der Waals surface area contributed by atoms with Crippen LogP contribution in [-0.2, 0) is 4.79 Å². The number of halogens is 4. The molecule has 7 nitrogen and oxygen atoms in total. The highest BCUT2D eigenvalue weighted by atomic mass is 35.5. The largest absolute Gasteiger partial charge is 0.405 e. The van der Waals surface area contributed by atoms with Crippen molar-refractivity contribution < 1.29 is 18.0 Å². The number of fused-ring (bicyclic) bond motifs is 2. The molecule has 0 unspecified atom stereocenters. The van der Waals surface area contributed by atoms with Gasteiger partial charge in [0, 0.05) is 39.5 Å². The number of benzene rings is 2. The molecular formula is C23H18ClF3N6O. The van der Waals surface area contributed by atoms with Crippen LogP contribution >= 0.6 is 11.6 Å². The first-order valence-electron chi connectivity index (χ1n) is 10.3. The molecule has 34 heavy (non-hydrogen) atoms. The number of amides is 1. The number of nitrogens with one attached hydrogen (secondary N) is 3. The van der Waals surface area contributed by atoms with Gasteiger partial charge in [0.05, 0.1) is 11.6 Å². The van der Waals surface area contributed by atoms with E-state index in [-0.39, 0.29) is 18.7 Å². The third-order valence-corrected chi connectivity index (χ3v) is 5.36. The molecule has 0 aliphatic carbocycles. The number of hydrogen-bond acceptors (Lipinski definition) is 5. The second kappa shape index (κ2) is 9.57. The van der Waals surface area contributed by atoms with Gasteiger partial charge in [-0.25, -0.2) is 9.97 Å². The highest BCUT2D eigenvalue weighted by Crippen LogP contribution is 2.31. The van der Waals surface area contributed by atoms with Gasteiger partial charge < -0.3 is 15.6 Å². The Kier molecular flexibility index (Phi) is 6.56. The second-order valence-electron chi connectivity index (χ2n) is 7.53. The predicted octanol–water partition coefficient (Wildman–Crippen LogP) is 5.19. The summed E-state index contributed by atoms with van der Waals surface area (Å²) in [6, 6.07) is 13.2. The van der Waals surface area contributed by atoms with Crippen molar-refractivity contribution in [3.05, 3.63) is 53.7 Å². The van der Waals surface area contributed by atoms with Crippen LogP contribution in [0.1, 0.15) is 12.8 Å². The van der Waals surface area contributed by atoms with Gasteiger partial charge in [-0.3, -0.25) is 4.79 Å². The van der Waals surface area contributed by atoms with E-state index in [9.17, 15) is 18.0 Å². The van der Waals surface area contributed by atoms with Crippen LogP contribution in [0.3, 0.4) is 0 Å². The minimum absolute atomic E-state index is 0.00343. The molecule has 0 saturated heterocycles.